The summed E-state index contributed by atoms with van der Waals surface area (Å²) >= 11 is 22.9. The first kappa shape index (κ1) is 20.3. The van der Waals surface area contributed by atoms with Crippen molar-refractivity contribution in [3.05, 3.63) is 28.2 Å². The van der Waals surface area contributed by atoms with Gasteiger partial charge >= 0.3 is 7.82 Å². The Morgan fingerprint density at radius 3 is 1.86 bits per heavy atom. The Balaban J connectivity index is 2.47. The van der Waals surface area contributed by atoms with Gasteiger partial charge in [-0.2, -0.15) is 0 Å². The van der Waals surface area contributed by atoms with Crippen LogP contribution < -0.4 is 4.74 Å². The minimum atomic E-state index is -3.71. The monoisotopic (exact) mass is 410 g/mol. The second kappa shape index (κ2) is 11.0. The zero-order valence-corrected chi connectivity index (χ0v) is 15.4. The van der Waals surface area contributed by atoms with E-state index >= 15 is 0 Å². The summed E-state index contributed by atoms with van der Waals surface area (Å²) in [6, 6.07) is 4.98. The van der Waals surface area contributed by atoms with Gasteiger partial charge < -0.3 is 4.74 Å². The summed E-state index contributed by atoms with van der Waals surface area (Å²) in [5, 5.41) is 0.736. The highest BCUT2D eigenvalue weighted by Crippen LogP contribution is 2.49. The summed E-state index contributed by atoms with van der Waals surface area (Å²) in [7, 11) is -3.71. The maximum Gasteiger partial charge on any atom is 0.474 e. The average molecular weight is 412 g/mol. The van der Waals surface area contributed by atoms with Crippen molar-refractivity contribution in [1.29, 1.82) is 0 Å². The topological polar surface area (TPSA) is 54.0 Å². The highest BCUT2D eigenvalue weighted by atomic mass is 35.5. The molecule has 0 bridgehead atoms. The van der Waals surface area contributed by atoms with Crippen molar-refractivity contribution < 1.29 is 22.9 Å². The Kier molecular flexibility index (Phi) is 10.1. The predicted octanol–water partition coefficient (Wildman–Crippen LogP) is 5.01. The summed E-state index contributed by atoms with van der Waals surface area (Å²) in [6.45, 7) is 0.0575. The molecule has 0 aliphatic heterocycles. The molecule has 0 aliphatic carbocycles. The van der Waals surface area contributed by atoms with Crippen LogP contribution in [0.15, 0.2) is 18.2 Å². The molecular formula is C12H15Cl4O5P. The molecule has 0 saturated heterocycles. The van der Waals surface area contributed by atoms with Crippen LogP contribution in [0.5, 0.6) is 5.75 Å². The number of ether oxygens (including phenoxy) is 1. The van der Waals surface area contributed by atoms with E-state index in [0.717, 1.165) is 0 Å². The third-order valence-corrected chi connectivity index (χ3v) is 4.55. The van der Waals surface area contributed by atoms with Gasteiger partial charge in [0.05, 0.1) is 29.9 Å². The molecule has 5 nitrogen and oxygen atoms in total. The standard InChI is InChI=1S/C12H15Cl4O5P/c13-4-6-19-22(17,20-7-5-14)21-9-8-18-12-10(15)2-1-3-11(12)16/h1-3H,4-9H2. The number of hydrogen-bond donors (Lipinski definition) is 0. The van der Waals surface area contributed by atoms with Gasteiger partial charge in [0.2, 0.25) is 0 Å². The number of para-hydroxylation sites is 1. The first-order chi connectivity index (χ1) is 10.5. The van der Waals surface area contributed by atoms with Crippen molar-refractivity contribution in [3.63, 3.8) is 0 Å². The summed E-state index contributed by atoms with van der Waals surface area (Å²) in [6.07, 6.45) is 0. The van der Waals surface area contributed by atoms with Gasteiger partial charge in [0.1, 0.15) is 6.61 Å². The number of halogens is 4. The second-order valence-electron chi connectivity index (χ2n) is 3.72. The fraction of sp³-hybridized carbons (Fsp3) is 0.500. The quantitative estimate of drug-likeness (QED) is 0.291. The first-order valence-electron chi connectivity index (χ1n) is 6.25. The van der Waals surface area contributed by atoms with Gasteiger partial charge in [-0.3, -0.25) is 13.6 Å². The van der Waals surface area contributed by atoms with Gasteiger partial charge in [0.25, 0.3) is 0 Å². The van der Waals surface area contributed by atoms with E-state index in [2.05, 4.69) is 0 Å². The van der Waals surface area contributed by atoms with Crippen molar-refractivity contribution in [1.82, 2.24) is 0 Å². The van der Waals surface area contributed by atoms with Crippen molar-refractivity contribution in [3.8, 4) is 5.75 Å². The molecule has 0 aromatic heterocycles. The van der Waals surface area contributed by atoms with Gasteiger partial charge in [0.15, 0.2) is 5.75 Å². The summed E-state index contributed by atoms with van der Waals surface area (Å²) in [5.74, 6) is 0.639. The summed E-state index contributed by atoms with van der Waals surface area (Å²) in [4.78, 5) is 0. The maximum absolute atomic E-state index is 12.2. The first-order valence-corrected chi connectivity index (χ1v) is 9.53. The predicted molar refractivity (Wildman–Crippen MR) is 88.9 cm³/mol. The van der Waals surface area contributed by atoms with E-state index in [0.29, 0.717) is 15.8 Å². The van der Waals surface area contributed by atoms with Gasteiger partial charge in [-0.25, -0.2) is 4.57 Å². The van der Waals surface area contributed by atoms with Gasteiger partial charge in [0, 0.05) is 11.8 Å². The van der Waals surface area contributed by atoms with Crippen LogP contribution in [0.25, 0.3) is 0 Å². The van der Waals surface area contributed by atoms with Gasteiger partial charge in [-0.15, -0.1) is 23.2 Å². The average Bonchev–Trinajstić information content (AvgIpc) is 2.50. The van der Waals surface area contributed by atoms with E-state index in [1.165, 1.54) is 0 Å². The van der Waals surface area contributed by atoms with Crippen molar-refractivity contribution in [2.24, 2.45) is 0 Å². The number of phosphoric ester groups is 1. The molecule has 1 rings (SSSR count). The fourth-order valence-electron chi connectivity index (χ4n) is 1.32. The lowest BCUT2D eigenvalue weighted by Gasteiger charge is -2.17. The molecule has 0 heterocycles. The third kappa shape index (κ3) is 7.24. The molecule has 1 aromatic rings. The molecule has 0 unspecified atom stereocenters. The van der Waals surface area contributed by atoms with Gasteiger partial charge in [-0.1, -0.05) is 29.3 Å². The van der Waals surface area contributed by atoms with Crippen LogP contribution in [0.3, 0.4) is 0 Å². The Morgan fingerprint density at radius 1 is 0.864 bits per heavy atom. The number of benzene rings is 1. The molecule has 0 aliphatic rings. The number of alkyl halides is 2. The third-order valence-electron chi connectivity index (χ3n) is 2.15. The number of phosphoric acid groups is 1. The largest absolute Gasteiger partial charge is 0.488 e. The molecule has 126 valence electrons. The zero-order chi connectivity index (χ0) is 16.4. The van der Waals surface area contributed by atoms with Crippen molar-refractivity contribution in [2.75, 3.05) is 38.2 Å². The van der Waals surface area contributed by atoms with E-state index < -0.39 is 7.82 Å². The van der Waals surface area contributed by atoms with Crippen molar-refractivity contribution in [2.45, 2.75) is 0 Å². The molecule has 22 heavy (non-hydrogen) atoms. The number of hydrogen-bond acceptors (Lipinski definition) is 5. The van der Waals surface area contributed by atoms with Crippen LogP contribution in [-0.4, -0.2) is 38.2 Å². The maximum atomic E-state index is 12.2. The van der Waals surface area contributed by atoms with Crippen LogP contribution in [0.2, 0.25) is 10.0 Å². The molecular weight excluding hydrogens is 397 g/mol. The second-order valence-corrected chi connectivity index (χ2v) is 6.96. The zero-order valence-electron chi connectivity index (χ0n) is 11.5. The molecule has 0 fully saturated rings. The Bertz CT molecular complexity index is 470. The molecule has 1 aromatic carbocycles. The minimum absolute atomic E-state index is 0.0261. The SMILES string of the molecule is O=P(OCCCl)(OCCCl)OCCOc1c(Cl)cccc1Cl. The highest BCUT2D eigenvalue weighted by molar-refractivity contribution is 7.48. The van der Waals surface area contributed by atoms with Crippen LogP contribution in [0.4, 0.5) is 0 Å². The lowest BCUT2D eigenvalue weighted by atomic mass is 10.3. The summed E-state index contributed by atoms with van der Waals surface area (Å²) < 4.78 is 32.7. The summed E-state index contributed by atoms with van der Waals surface area (Å²) in [5.41, 5.74) is 0. The van der Waals surface area contributed by atoms with Crippen LogP contribution in [0, 0.1) is 0 Å². The fourth-order valence-corrected chi connectivity index (χ4v) is 3.35. The molecule has 0 atom stereocenters. The minimum Gasteiger partial charge on any atom is -0.488 e. The lowest BCUT2D eigenvalue weighted by Crippen LogP contribution is -2.10. The molecule has 0 amide bonds. The molecule has 10 heteroatoms. The molecule has 0 N–H and O–H groups in total. The van der Waals surface area contributed by atoms with E-state index in [4.69, 9.17) is 64.7 Å². The highest BCUT2D eigenvalue weighted by Gasteiger charge is 2.26. The molecule has 0 spiro atoms. The Labute approximate surface area is 149 Å². The van der Waals surface area contributed by atoms with Gasteiger partial charge in [-0.05, 0) is 12.1 Å². The van der Waals surface area contributed by atoms with Crippen LogP contribution in [-0.2, 0) is 18.1 Å². The van der Waals surface area contributed by atoms with E-state index in [1.807, 2.05) is 0 Å². The normalized spacial score (nSPS) is 11.6. The number of rotatable bonds is 11. The van der Waals surface area contributed by atoms with Crippen LogP contribution in [0.1, 0.15) is 0 Å². The smallest absolute Gasteiger partial charge is 0.474 e. The Morgan fingerprint density at radius 2 is 1.36 bits per heavy atom. The van der Waals surface area contributed by atoms with E-state index in [-0.39, 0.29) is 38.2 Å². The van der Waals surface area contributed by atoms with E-state index in [9.17, 15) is 4.57 Å². The Hall–Kier alpha value is 0.290. The molecule has 0 radical (unpaired) electrons. The van der Waals surface area contributed by atoms with Crippen LogP contribution >= 0.6 is 54.2 Å². The van der Waals surface area contributed by atoms with E-state index in [1.54, 1.807) is 18.2 Å². The van der Waals surface area contributed by atoms with Crippen molar-refractivity contribution >= 4 is 54.2 Å². The lowest BCUT2D eigenvalue weighted by molar-refractivity contribution is 0.108. The molecule has 0 saturated carbocycles.